The second kappa shape index (κ2) is 4.79. The molecule has 0 radical (unpaired) electrons. The number of phenols is 1. The number of aromatic hydroxyl groups is 1. The number of hydrogen-bond donors (Lipinski definition) is 2. The Hall–Kier alpha value is 0.440. The molecule has 0 spiro atoms. The minimum absolute atomic E-state index is 0.433. The summed E-state index contributed by atoms with van der Waals surface area (Å²) < 4.78 is 2.11. The fourth-order valence-electron chi connectivity index (χ4n) is 1.13. The molecule has 72 valence electrons. The van der Waals surface area contributed by atoms with E-state index in [0.29, 0.717) is 5.75 Å². The quantitative estimate of drug-likeness (QED) is 0.714. The van der Waals surface area contributed by atoms with Gasteiger partial charge in [0.1, 0.15) is 12.3 Å². The van der Waals surface area contributed by atoms with Gasteiger partial charge in [-0.3, -0.25) is 0 Å². The highest BCUT2D eigenvalue weighted by Gasteiger charge is 2.09. The number of quaternary nitrogens is 1. The standard InChI is InChI=1S/C9H11I2NO/c1-12(2)5-6-3-7(10)4-8(11)9(6)13/h3-4,13H,5H2,1-2H3/p+1. The third kappa shape index (κ3) is 3.25. The lowest BCUT2D eigenvalue weighted by atomic mass is 10.2. The van der Waals surface area contributed by atoms with Crippen molar-refractivity contribution in [2.45, 2.75) is 6.54 Å². The van der Waals surface area contributed by atoms with Gasteiger partial charge in [-0.2, -0.15) is 0 Å². The Morgan fingerprint density at radius 1 is 1.31 bits per heavy atom. The van der Waals surface area contributed by atoms with Crippen molar-refractivity contribution < 1.29 is 10.0 Å². The maximum Gasteiger partial charge on any atom is 0.137 e. The third-order valence-corrected chi connectivity index (χ3v) is 3.10. The van der Waals surface area contributed by atoms with E-state index in [2.05, 4.69) is 59.3 Å². The summed E-state index contributed by atoms with van der Waals surface area (Å²) >= 11 is 4.43. The molecule has 0 fully saturated rings. The molecule has 1 aromatic carbocycles. The average molecular weight is 404 g/mol. The van der Waals surface area contributed by atoms with Crippen LogP contribution in [0.25, 0.3) is 0 Å². The van der Waals surface area contributed by atoms with Crippen LogP contribution in [0, 0.1) is 7.14 Å². The average Bonchev–Trinajstić information content (AvgIpc) is 1.98. The van der Waals surface area contributed by atoms with E-state index in [1.54, 1.807) is 0 Å². The smallest absolute Gasteiger partial charge is 0.137 e. The van der Waals surface area contributed by atoms with E-state index in [0.717, 1.165) is 15.7 Å². The molecule has 0 heterocycles. The van der Waals surface area contributed by atoms with Crippen LogP contribution in [-0.4, -0.2) is 19.2 Å². The Balaban J connectivity index is 3.05. The topological polar surface area (TPSA) is 24.7 Å². The van der Waals surface area contributed by atoms with Crippen LogP contribution in [-0.2, 0) is 6.54 Å². The first-order valence-electron chi connectivity index (χ1n) is 3.96. The van der Waals surface area contributed by atoms with Crippen molar-refractivity contribution in [1.82, 2.24) is 0 Å². The lowest BCUT2D eigenvalue weighted by molar-refractivity contribution is -0.872. The predicted octanol–water partition coefficient (Wildman–Crippen LogP) is 1.25. The summed E-state index contributed by atoms with van der Waals surface area (Å²) in [6.07, 6.45) is 0. The van der Waals surface area contributed by atoms with E-state index in [1.165, 1.54) is 8.47 Å². The van der Waals surface area contributed by atoms with Gasteiger partial charge in [0.15, 0.2) is 0 Å². The highest BCUT2D eigenvalue weighted by Crippen LogP contribution is 2.26. The third-order valence-electron chi connectivity index (χ3n) is 1.65. The van der Waals surface area contributed by atoms with Crippen LogP contribution in [0.15, 0.2) is 12.1 Å². The van der Waals surface area contributed by atoms with E-state index < -0.39 is 0 Å². The molecule has 0 atom stereocenters. The summed E-state index contributed by atoms with van der Waals surface area (Å²) in [5.41, 5.74) is 1.02. The summed E-state index contributed by atoms with van der Waals surface area (Å²) in [6, 6.07) is 4.01. The number of phenolic OH excluding ortho intramolecular Hbond substituents is 1. The highest BCUT2D eigenvalue weighted by molar-refractivity contribution is 14.1. The summed E-state index contributed by atoms with van der Waals surface area (Å²) in [6.45, 7) is 0.860. The molecule has 0 aliphatic rings. The van der Waals surface area contributed by atoms with Crippen molar-refractivity contribution in [3.05, 3.63) is 24.8 Å². The molecular formula is C9H12I2NO+. The summed E-state index contributed by atoms with van der Waals surface area (Å²) in [5, 5.41) is 9.75. The number of halogens is 2. The van der Waals surface area contributed by atoms with Gasteiger partial charge in [0.2, 0.25) is 0 Å². The van der Waals surface area contributed by atoms with Gasteiger partial charge in [0.05, 0.1) is 23.2 Å². The zero-order chi connectivity index (χ0) is 10.0. The van der Waals surface area contributed by atoms with E-state index in [1.807, 2.05) is 12.1 Å². The van der Waals surface area contributed by atoms with Crippen LogP contribution in [0.1, 0.15) is 5.56 Å². The second-order valence-electron chi connectivity index (χ2n) is 3.28. The molecule has 0 bridgehead atoms. The number of rotatable bonds is 2. The van der Waals surface area contributed by atoms with Gasteiger partial charge in [-0.15, -0.1) is 0 Å². The van der Waals surface area contributed by atoms with Crippen LogP contribution < -0.4 is 4.90 Å². The Morgan fingerprint density at radius 3 is 2.46 bits per heavy atom. The van der Waals surface area contributed by atoms with Crippen LogP contribution in [0.5, 0.6) is 5.75 Å². The minimum Gasteiger partial charge on any atom is -0.506 e. The van der Waals surface area contributed by atoms with E-state index in [4.69, 9.17) is 0 Å². The number of hydrogen-bond acceptors (Lipinski definition) is 1. The Morgan fingerprint density at radius 2 is 1.92 bits per heavy atom. The van der Waals surface area contributed by atoms with Gasteiger partial charge in [-0.05, 0) is 57.3 Å². The van der Waals surface area contributed by atoms with Gasteiger partial charge in [0, 0.05) is 3.57 Å². The van der Waals surface area contributed by atoms with Crippen LogP contribution >= 0.6 is 45.2 Å². The molecule has 0 saturated heterocycles. The van der Waals surface area contributed by atoms with Gasteiger partial charge in [-0.1, -0.05) is 0 Å². The Bertz CT molecular complexity index is 313. The van der Waals surface area contributed by atoms with E-state index >= 15 is 0 Å². The maximum absolute atomic E-state index is 9.75. The zero-order valence-corrected chi connectivity index (χ0v) is 11.9. The van der Waals surface area contributed by atoms with Crippen molar-refractivity contribution in [3.8, 4) is 5.75 Å². The molecule has 0 unspecified atom stereocenters. The largest absolute Gasteiger partial charge is 0.506 e. The molecule has 1 aromatic rings. The lowest BCUT2D eigenvalue weighted by Gasteiger charge is -2.10. The van der Waals surface area contributed by atoms with E-state index in [-0.39, 0.29) is 0 Å². The SMILES string of the molecule is C[NH+](C)Cc1cc(I)cc(I)c1O. The van der Waals surface area contributed by atoms with Gasteiger partial charge < -0.3 is 10.0 Å². The molecule has 0 amide bonds. The van der Waals surface area contributed by atoms with Gasteiger partial charge in [-0.25, -0.2) is 0 Å². The molecule has 4 heteroatoms. The zero-order valence-electron chi connectivity index (χ0n) is 7.56. The second-order valence-corrected chi connectivity index (χ2v) is 5.69. The molecule has 1 rings (SSSR count). The molecule has 0 aliphatic carbocycles. The first-order chi connectivity index (χ1) is 6.00. The van der Waals surface area contributed by atoms with Crippen LogP contribution in [0.4, 0.5) is 0 Å². The lowest BCUT2D eigenvalue weighted by Crippen LogP contribution is -3.04. The Kier molecular flexibility index (Phi) is 4.24. The van der Waals surface area contributed by atoms with Crippen LogP contribution in [0.3, 0.4) is 0 Å². The number of nitrogens with one attached hydrogen (secondary N) is 1. The van der Waals surface area contributed by atoms with E-state index in [9.17, 15) is 5.11 Å². The number of benzene rings is 1. The molecule has 2 nitrogen and oxygen atoms in total. The van der Waals surface area contributed by atoms with Gasteiger partial charge in [0.25, 0.3) is 0 Å². The van der Waals surface area contributed by atoms with Crippen molar-refractivity contribution in [2.75, 3.05) is 14.1 Å². The first-order valence-corrected chi connectivity index (χ1v) is 6.12. The summed E-state index contributed by atoms with van der Waals surface area (Å²) in [5.74, 6) is 0.433. The molecule has 0 aromatic heterocycles. The summed E-state index contributed by atoms with van der Waals surface area (Å²) in [7, 11) is 4.15. The molecular weight excluding hydrogens is 392 g/mol. The fourth-order valence-corrected chi connectivity index (χ4v) is 3.10. The predicted molar refractivity (Wildman–Crippen MR) is 70.1 cm³/mol. The first kappa shape index (κ1) is 11.5. The van der Waals surface area contributed by atoms with Gasteiger partial charge >= 0.3 is 0 Å². The molecule has 0 saturated carbocycles. The monoisotopic (exact) mass is 404 g/mol. The normalized spacial score (nSPS) is 10.8. The molecule has 2 N–H and O–H groups in total. The van der Waals surface area contributed by atoms with Crippen molar-refractivity contribution in [2.24, 2.45) is 0 Å². The Labute approximate surface area is 106 Å². The van der Waals surface area contributed by atoms with Crippen LogP contribution in [0.2, 0.25) is 0 Å². The fraction of sp³-hybridized carbons (Fsp3) is 0.333. The molecule has 0 aliphatic heterocycles. The van der Waals surface area contributed by atoms with Crippen molar-refractivity contribution in [3.63, 3.8) is 0 Å². The molecule has 13 heavy (non-hydrogen) atoms. The minimum atomic E-state index is 0.433. The van der Waals surface area contributed by atoms with Crippen molar-refractivity contribution in [1.29, 1.82) is 0 Å². The summed E-state index contributed by atoms with van der Waals surface area (Å²) in [4.78, 5) is 1.31. The van der Waals surface area contributed by atoms with Crippen molar-refractivity contribution >= 4 is 45.2 Å². The maximum atomic E-state index is 9.75. The highest BCUT2D eigenvalue weighted by atomic mass is 127.